The van der Waals surface area contributed by atoms with Gasteiger partial charge in [0.2, 0.25) is 0 Å². The SMILES string of the molecule is CCCCCCCCCCCCCCNC(=O)N[C@H](C(=O)O)[C@@H](O)C[N+](C)(C)C. The maximum absolute atomic E-state index is 11.9. The summed E-state index contributed by atoms with van der Waals surface area (Å²) in [7, 11) is 5.57. The highest BCUT2D eigenvalue weighted by molar-refractivity contribution is 5.82. The number of likely N-dealkylation sites (N-methyl/N-ethyl adjacent to an activating group) is 1. The van der Waals surface area contributed by atoms with E-state index >= 15 is 0 Å². The lowest BCUT2D eigenvalue weighted by molar-refractivity contribution is -0.873. The van der Waals surface area contributed by atoms with Gasteiger partial charge in [-0.3, -0.25) is 0 Å². The molecule has 172 valence electrons. The number of hydrogen-bond acceptors (Lipinski definition) is 3. The Balaban J connectivity index is 3.73. The highest BCUT2D eigenvalue weighted by atomic mass is 16.4. The van der Waals surface area contributed by atoms with Crippen LogP contribution in [0, 0.1) is 0 Å². The standard InChI is InChI=1S/C22H45N3O4/c1-5-6-7-8-9-10-11-12-13-14-15-16-17-23-22(29)24-20(21(27)28)19(26)18-25(2,3)4/h19-20,26H,5-18H2,1-4H3,(H2-,23,24,27,28,29)/p+1/t19-,20-/m0/s1. The first-order valence-corrected chi connectivity index (χ1v) is 11.4. The predicted molar refractivity (Wildman–Crippen MR) is 118 cm³/mol. The van der Waals surface area contributed by atoms with Crippen molar-refractivity contribution in [2.24, 2.45) is 0 Å². The van der Waals surface area contributed by atoms with Crippen LogP contribution in [-0.2, 0) is 4.79 Å². The minimum atomic E-state index is -1.31. The summed E-state index contributed by atoms with van der Waals surface area (Å²) in [6, 6.07) is -1.85. The number of rotatable bonds is 18. The molecule has 0 fully saturated rings. The average Bonchev–Trinajstić information content (AvgIpc) is 2.61. The molecule has 0 aromatic carbocycles. The molecule has 0 aliphatic heterocycles. The fraction of sp³-hybridized carbons (Fsp3) is 0.909. The Morgan fingerprint density at radius 3 is 1.69 bits per heavy atom. The van der Waals surface area contributed by atoms with Crippen molar-refractivity contribution in [3.8, 4) is 0 Å². The fourth-order valence-electron chi connectivity index (χ4n) is 3.35. The highest BCUT2D eigenvalue weighted by Crippen LogP contribution is 2.11. The van der Waals surface area contributed by atoms with Crippen molar-refractivity contribution in [3.05, 3.63) is 0 Å². The second-order valence-electron chi connectivity index (χ2n) is 9.15. The number of urea groups is 1. The van der Waals surface area contributed by atoms with Crippen molar-refractivity contribution in [2.75, 3.05) is 34.2 Å². The Morgan fingerprint density at radius 2 is 1.28 bits per heavy atom. The lowest BCUT2D eigenvalue weighted by Gasteiger charge is -2.29. The third kappa shape index (κ3) is 17.2. The van der Waals surface area contributed by atoms with Gasteiger partial charge in [-0.05, 0) is 6.42 Å². The topological polar surface area (TPSA) is 98.7 Å². The smallest absolute Gasteiger partial charge is 0.329 e. The van der Waals surface area contributed by atoms with Crippen LogP contribution in [0.1, 0.15) is 84.0 Å². The Bertz CT molecular complexity index is 438. The molecule has 0 aliphatic carbocycles. The highest BCUT2D eigenvalue weighted by Gasteiger charge is 2.32. The number of carbonyl (C=O) groups is 2. The summed E-state index contributed by atoms with van der Waals surface area (Å²) in [5.74, 6) is -1.23. The fourth-order valence-corrected chi connectivity index (χ4v) is 3.35. The van der Waals surface area contributed by atoms with Gasteiger partial charge in [-0.25, -0.2) is 9.59 Å². The van der Waals surface area contributed by atoms with Crippen LogP contribution in [0.2, 0.25) is 0 Å². The van der Waals surface area contributed by atoms with Crippen LogP contribution in [0.4, 0.5) is 4.79 Å². The first kappa shape index (κ1) is 27.7. The van der Waals surface area contributed by atoms with E-state index in [1.165, 1.54) is 64.2 Å². The third-order valence-electron chi connectivity index (χ3n) is 4.99. The van der Waals surface area contributed by atoms with Gasteiger partial charge in [0.15, 0.2) is 6.04 Å². The third-order valence-corrected chi connectivity index (χ3v) is 4.99. The normalized spacial score (nSPS) is 13.7. The Labute approximate surface area is 177 Å². The second-order valence-corrected chi connectivity index (χ2v) is 9.15. The van der Waals surface area contributed by atoms with E-state index in [4.69, 9.17) is 0 Å². The molecule has 7 heteroatoms. The lowest BCUT2D eigenvalue weighted by Crippen LogP contribution is -2.56. The summed E-state index contributed by atoms with van der Waals surface area (Å²) < 4.78 is 0.410. The van der Waals surface area contributed by atoms with Crippen LogP contribution < -0.4 is 10.6 Å². The summed E-state index contributed by atoms with van der Waals surface area (Å²) >= 11 is 0. The number of carboxylic acid groups (broad SMARTS) is 1. The molecule has 0 aromatic rings. The van der Waals surface area contributed by atoms with Crippen molar-refractivity contribution in [3.63, 3.8) is 0 Å². The van der Waals surface area contributed by atoms with E-state index in [-0.39, 0.29) is 6.54 Å². The molecule has 4 N–H and O–H groups in total. The van der Waals surface area contributed by atoms with Gasteiger partial charge >= 0.3 is 12.0 Å². The molecular weight excluding hydrogens is 370 g/mol. The van der Waals surface area contributed by atoms with E-state index < -0.39 is 24.1 Å². The molecule has 0 aliphatic rings. The van der Waals surface area contributed by atoms with Crippen LogP contribution in [-0.4, -0.2) is 73.1 Å². The lowest BCUT2D eigenvalue weighted by atomic mass is 10.1. The molecule has 0 saturated carbocycles. The minimum absolute atomic E-state index is 0.232. The van der Waals surface area contributed by atoms with E-state index in [1.807, 2.05) is 21.1 Å². The largest absolute Gasteiger partial charge is 0.480 e. The Kier molecular flexibility index (Phi) is 15.7. The second kappa shape index (κ2) is 16.5. The molecule has 0 saturated heterocycles. The van der Waals surface area contributed by atoms with Crippen molar-refractivity contribution < 1.29 is 24.3 Å². The molecule has 0 rings (SSSR count). The maximum Gasteiger partial charge on any atom is 0.329 e. The van der Waals surface area contributed by atoms with Crippen molar-refractivity contribution >= 4 is 12.0 Å². The van der Waals surface area contributed by atoms with Gasteiger partial charge in [0, 0.05) is 6.54 Å². The van der Waals surface area contributed by atoms with Crippen molar-refractivity contribution in [1.29, 1.82) is 0 Å². The summed E-state index contributed by atoms with van der Waals surface area (Å²) in [5.41, 5.74) is 0. The van der Waals surface area contributed by atoms with Crippen LogP contribution in [0.5, 0.6) is 0 Å². The Hall–Kier alpha value is -1.34. The zero-order valence-electron chi connectivity index (χ0n) is 19.2. The van der Waals surface area contributed by atoms with Crippen molar-refractivity contribution in [1.82, 2.24) is 10.6 Å². The van der Waals surface area contributed by atoms with E-state index in [2.05, 4.69) is 17.6 Å². The first-order chi connectivity index (χ1) is 13.7. The molecule has 0 bridgehead atoms. The molecule has 0 aromatic heterocycles. The van der Waals surface area contributed by atoms with E-state index in [0.29, 0.717) is 11.0 Å². The van der Waals surface area contributed by atoms with Gasteiger partial charge in [-0.2, -0.15) is 0 Å². The molecule has 2 atom stereocenters. The molecule has 0 spiro atoms. The van der Waals surface area contributed by atoms with E-state index in [9.17, 15) is 19.8 Å². The molecular formula is C22H46N3O4+. The summed E-state index contributed by atoms with van der Waals surface area (Å²) in [5, 5.41) is 24.4. The molecule has 0 radical (unpaired) electrons. The zero-order valence-corrected chi connectivity index (χ0v) is 19.2. The van der Waals surface area contributed by atoms with Crippen LogP contribution in [0.15, 0.2) is 0 Å². The van der Waals surface area contributed by atoms with Gasteiger partial charge in [0.25, 0.3) is 0 Å². The zero-order chi connectivity index (χ0) is 22.1. The number of hydrogen-bond donors (Lipinski definition) is 4. The monoisotopic (exact) mass is 416 g/mol. The summed E-state index contributed by atoms with van der Waals surface area (Å²) in [4.78, 5) is 23.3. The number of carboxylic acids is 1. The number of carbonyl (C=O) groups excluding carboxylic acids is 1. The van der Waals surface area contributed by atoms with E-state index in [1.54, 1.807) is 0 Å². The molecule has 29 heavy (non-hydrogen) atoms. The minimum Gasteiger partial charge on any atom is -0.480 e. The maximum atomic E-state index is 11.9. The average molecular weight is 417 g/mol. The van der Waals surface area contributed by atoms with Gasteiger partial charge in [0.1, 0.15) is 12.6 Å². The summed E-state index contributed by atoms with van der Waals surface area (Å²) in [6.07, 6.45) is 13.9. The van der Waals surface area contributed by atoms with Crippen LogP contribution in [0.25, 0.3) is 0 Å². The molecule has 0 heterocycles. The van der Waals surface area contributed by atoms with Gasteiger partial charge in [0.05, 0.1) is 21.1 Å². The quantitative estimate of drug-likeness (QED) is 0.203. The number of aliphatic carboxylic acids is 1. The number of nitrogens with zero attached hydrogens (tertiary/aromatic N) is 1. The first-order valence-electron chi connectivity index (χ1n) is 11.4. The molecule has 7 nitrogen and oxygen atoms in total. The molecule has 2 amide bonds. The van der Waals surface area contributed by atoms with Crippen LogP contribution >= 0.6 is 0 Å². The van der Waals surface area contributed by atoms with E-state index in [0.717, 1.165) is 12.8 Å². The van der Waals surface area contributed by atoms with Gasteiger partial charge in [-0.1, -0.05) is 77.6 Å². The molecule has 0 unspecified atom stereocenters. The number of aliphatic hydroxyl groups is 1. The summed E-state index contributed by atoms with van der Waals surface area (Å²) in [6.45, 7) is 2.99. The number of unbranched alkanes of at least 4 members (excludes halogenated alkanes) is 11. The van der Waals surface area contributed by atoms with Crippen LogP contribution in [0.3, 0.4) is 0 Å². The predicted octanol–water partition coefficient (Wildman–Crippen LogP) is 3.51. The number of aliphatic hydroxyl groups excluding tert-OH is 1. The number of nitrogens with one attached hydrogen (secondary N) is 2. The van der Waals surface area contributed by atoms with Gasteiger partial charge < -0.3 is 25.3 Å². The van der Waals surface area contributed by atoms with Crippen molar-refractivity contribution in [2.45, 2.75) is 96.1 Å². The number of quaternary nitrogens is 1. The van der Waals surface area contributed by atoms with Gasteiger partial charge in [-0.15, -0.1) is 0 Å². The number of amides is 2. The Morgan fingerprint density at radius 1 is 0.828 bits per heavy atom.